The summed E-state index contributed by atoms with van der Waals surface area (Å²) >= 11 is 0. The molecule has 0 spiro atoms. The van der Waals surface area contributed by atoms with E-state index in [1.807, 2.05) is 27.7 Å². The Labute approximate surface area is 149 Å². The number of hydrogen-bond acceptors (Lipinski definition) is 4. The fourth-order valence-electron chi connectivity index (χ4n) is 2.25. The van der Waals surface area contributed by atoms with Crippen molar-refractivity contribution in [1.82, 2.24) is 0 Å². The smallest absolute Gasteiger partial charge is 0.338 e. The minimum Gasteiger partial charge on any atom is -0.449 e. The van der Waals surface area contributed by atoms with Gasteiger partial charge in [0, 0.05) is 0 Å². The zero-order valence-electron chi connectivity index (χ0n) is 15.4. The van der Waals surface area contributed by atoms with Crippen LogP contribution < -0.4 is 0 Å². The summed E-state index contributed by atoms with van der Waals surface area (Å²) in [6, 6.07) is 8.18. The van der Waals surface area contributed by atoms with E-state index < -0.39 is 30.1 Å². The summed E-state index contributed by atoms with van der Waals surface area (Å²) in [4.78, 5) is 12.3. The lowest BCUT2D eigenvalue weighted by molar-refractivity contribution is -0.0657. The van der Waals surface area contributed by atoms with Crippen LogP contribution in [0.3, 0.4) is 0 Å². The van der Waals surface area contributed by atoms with Gasteiger partial charge in [-0.3, -0.25) is 0 Å². The van der Waals surface area contributed by atoms with Crippen molar-refractivity contribution < 1.29 is 24.1 Å². The van der Waals surface area contributed by atoms with Crippen LogP contribution in [-0.2, 0) is 4.74 Å². The molecule has 0 aromatic heterocycles. The van der Waals surface area contributed by atoms with Crippen molar-refractivity contribution in [2.24, 2.45) is 11.8 Å². The zero-order chi connectivity index (χ0) is 19.0. The second kappa shape index (κ2) is 10.3. The average molecular weight is 352 g/mol. The molecule has 0 aliphatic heterocycles. The van der Waals surface area contributed by atoms with Crippen molar-refractivity contribution in [3.05, 3.63) is 47.8 Å². The Bertz CT molecular complexity index is 556. The number of halogens is 1. The van der Waals surface area contributed by atoms with Gasteiger partial charge in [0.25, 0.3) is 0 Å². The molecule has 1 aromatic carbocycles. The first-order chi connectivity index (χ1) is 11.8. The number of rotatable bonds is 9. The number of aliphatic hydroxyl groups is 2. The Balaban J connectivity index is 3.04. The lowest BCUT2D eigenvalue weighted by Gasteiger charge is -2.26. The normalized spacial score (nSPS) is 17.0. The fourth-order valence-corrected chi connectivity index (χ4v) is 2.25. The number of aliphatic hydroxyl groups excluding tert-OH is 2. The molecule has 1 rings (SSSR count). The number of benzene rings is 1. The van der Waals surface area contributed by atoms with Gasteiger partial charge in [-0.2, -0.15) is 0 Å². The topological polar surface area (TPSA) is 66.8 Å². The quantitative estimate of drug-likeness (QED) is 0.662. The van der Waals surface area contributed by atoms with Gasteiger partial charge in [-0.1, -0.05) is 52.3 Å². The van der Waals surface area contributed by atoms with Crippen LogP contribution in [-0.4, -0.2) is 34.5 Å². The number of hydrogen-bond donors (Lipinski definition) is 2. The summed E-state index contributed by atoms with van der Waals surface area (Å²) in [7, 11) is 0. The molecule has 0 amide bonds. The number of allylic oxidation sites excluding steroid dienone is 1. The highest BCUT2D eigenvalue weighted by Gasteiger charge is 2.33. The Morgan fingerprint density at radius 1 is 1.20 bits per heavy atom. The Morgan fingerprint density at radius 3 is 2.32 bits per heavy atom. The predicted molar refractivity (Wildman–Crippen MR) is 95.8 cm³/mol. The number of ether oxygens (including phenoxy) is 1. The molecule has 25 heavy (non-hydrogen) atoms. The summed E-state index contributed by atoms with van der Waals surface area (Å²) in [6.45, 7) is 7.58. The Morgan fingerprint density at radius 2 is 1.80 bits per heavy atom. The maximum Gasteiger partial charge on any atom is 0.338 e. The van der Waals surface area contributed by atoms with E-state index >= 15 is 0 Å². The fraction of sp³-hybridized carbons (Fsp3) is 0.550. The maximum absolute atomic E-state index is 14.7. The molecule has 4 nitrogen and oxygen atoms in total. The lowest BCUT2D eigenvalue weighted by atomic mass is 9.95. The summed E-state index contributed by atoms with van der Waals surface area (Å²) in [5.74, 6) is -1.40. The van der Waals surface area contributed by atoms with Crippen LogP contribution in [0.1, 0.15) is 50.9 Å². The molecule has 0 aliphatic carbocycles. The summed E-state index contributed by atoms with van der Waals surface area (Å²) in [6.07, 6.45) is -1.99. The highest BCUT2D eigenvalue weighted by molar-refractivity contribution is 5.89. The molecule has 4 atom stereocenters. The molecule has 140 valence electrons. The van der Waals surface area contributed by atoms with Gasteiger partial charge in [-0.15, -0.1) is 0 Å². The summed E-state index contributed by atoms with van der Waals surface area (Å²) in [5.41, 5.74) is 0.259. The second-order valence-corrected chi connectivity index (χ2v) is 6.69. The van der Waals surface area contributed by atoms with E-state index in [2.05, 4.69) is 0 Å². The van der Waals surface area contributed by atoms with E-state index in [4.69, 9.17) is 4.74 Å². The van der Waals surface area contributed by atoms with Gasteiger partial charge >= 0.3 is 5.97 Å². The van der Waals surface area contributed by atoms with E-state index in [1.165, 1.54) is 6.08 Å². The summed E-state index contributed by atoms with van der Waals surface area (Å²) < 4.78 is 19.9. The van der Waals surface area contributed by atoms with Crippen LogP contribution in [0.5, 0.6) is 0 Å². The minimum absolute atomic E-state index is 0.103. The Hall–Kier alpha value is -1.72. The van der Waals surface area contributed by atoms with Crippen LogP contribution in [0, 0.1) is 11.8 Å². The molecule has 1 aromatic rings. The van der Waals surface area contributed by atoms with Crippen LogP contribution in [0.15, 0.2) is 42.2 Å². The van der Waals surface area contributed by atoms with Crippen LogP contribution >= 0.6 is 0 Å². The van der Waals surface area contributed by atoms with Crippen LogP contribution in [0.4, 0.5) is 4.39 Å². The molecule has 0 saturated heterocycles. The van der Waals surface area contributed by atoms with Crippen molar-refractivity contribution in [3.63, 3.8) is 0 Å². The zero-order valence-corrected chi connectivity index (χ0v) is 15.4. The van der Waals surface area contributed by atoms with Gasteiger partial charge < -0.3 is 14.9 Å². The van der Waals surface area contributed by atoms with Gasteiger partial charge in [0.1, 0.15) is 11.9 Å². The first-order valence-corrected chi connectivity index (χ1v) is 8.77. The number of carbonyl (C=O) groups excluding carboxylic acids is 1. The van der Waals surface area contributed by atoms with Crippen molar-refractivity contribution in [2.75, 3.05) is 0 Å². The van der Waals surface area contributed by atoms with Gasteiger partial charge in [0.05, 0.1) is 11.7 Å². The van der Waals surface area contributed by atoms with E-state index in [0.29, 0.717) is 6.42 Å². The van der Waals surface area contributed by atoms with E-state index in [9.17, 15) is 19.4 Å². The molecule has 0 aliphatic rings. The Kier molecular flexibility index (Phi) is 8.79. The standard InChI is InChI=1S/C20H29FO4/c1-5-9-17(22)18(23)19(16(21)12-14(4)13(2)3)25-20(24)15-10-7-6-8-11-15/h6-8,10-14,17-19,22-23H,5,9H2,1-4H3/b16-12+/t14-,17+,18+,19?/m0/s1. The highest BCUT2D eigenvalue weighted by atomic mass is 19.1. The minimum atomic E-state index is -1.53. The van der Waals surface area contributed by atoms with E-state index in [0.717, 1.165) is 0 Å². The third kappa shape index (κ3) is 6.59. The predicted octanol–water partition coefficient (Wildman–Crippen LogP) is 3.88. The van der Waals surface area contributed by atoms with Crippen molar-refractivity contribution in [2.45, 2.75) is 58.8 Å². The monoisotopic (exact) mass is 352 g/mol. The highest BCUT2D eigenvalue weighted by Crippen LogP contribution is 2.23. The molecule has 0 heterocycles. The molecule has 0 fully saturated rings. The van der Waals surface area contributed by atoms with Gasteiger partial charge in [-0.25, -0.2) is 9.18 Å². The second-order valence-electron chi connectivity index (χ2n) is 6.69. The molecular weight excluding hydrogens is 323 g/mol. The van der Waals surface area contributed by atoms with Crippen molar-refractivity contribution in [3.8, 4) is 0 Å². The van der Waals surface area contributed by atoms with Crippen molar-refractivity contribution >= 4 is 5.97 Å². The summed E-state index contributed by atoms with van der Waals surface area (Å²) in [5, 5.41) is 20.3. The van der Waals surface area contributed by atoms with Crippen molar-refractivity contribution in [1.29, 1.82) is 0 Å². The van der Waals surface area contributed by atoms with Crippen LogP contribution in [0.25, 0.3) is 0 Å². The van der Waals surface area contributed by atoms with E-state index in [1.54, 1.807) is 30.3 Å². The van der Waals surface area contributed by atoms with Gasteiger partial charge in [-0.05, 0) is 36.5 Å². The SMILES string of the molecule is CCC[C@@H](O)[C@@H](O)C(OC(=O)c1ccccc1)/C(F)=C\[C@H](C)C(C)C. The van der Waals surface area contributed by atoms with Gasteiger partial charge in [0.2, 0.25) is 0 Å². The lowest BCUT2D eigenvalue weighted by Crippen LogP contribution is -2.41. The average Bonchev–Trinajstić information content (AvgIpc) is 2.59. The van der Waals surface area contributed by atoms with Crippen LogP contribution in [0.2, 0.25) is 0 Å². The third-order valence-corrected chi connectivity index (χ3v) is 4.28. The number of carbonyl (C=O) groups is 1. The molecule has 0 saturated carbocycles. The molecular formula is C20H29FO4. The van der Waals surface area contributed by atoms with Gasteiger partial charge in [0.15, 0.2) is 6.10 Å². The van der Waals surface area contributed by atoms with E-state index in [-0.39, 0.29) is 23.8 Å². The first-order valence-electron chi connectivity index (χ1n) is 8.77. The molecule has 5 heteroatoms. The molecule has 0 radical (unpaired) electrons. The number of esters is 1. The molecule has 2 N–H and O–H groups in total. The largest absolute Gasteiger partial charge is 0.449 e. The third-order valence-electron chi connectivity index (χ3n) is 4.28. The maximum atomic E-state index is 14.7. The first kappa shape index (κ1) is 21.3. The molecule has 0 bridgehead atoms. The molecule has 1 unspecified atom stereocenters.